The van der Waals surface area contributed by atoms with Crippen molar-refractivity contribution in [1.29, 1.82) is 0 Å². The first-order valence-electron chi connectivity index (χ1n) is 5.37. The minimum atomic E-state index is -2.45. The topological polar surface area (TPSA) is 38.0 Å². The van der Waals surface area contributed by atoms with Gasteiger partial charge in [0.1, 0.15) is 0 Å². The Balaban J connectivity index is 1.99. The van der Waals surface area contributed by atoms with E-state index < -0.39 is 5.92 Å². The van der Waals surface area contributed by atoms with Crippen molar-refractivity contribution in [2.75, 3.05) is 19.6 Å². The smallest absolute Gasteiger partial charge is 0.249 e. The van der Waals surface area contributed by atoms with Gasteiger partial charge in [-0.25, -0.2) is 8.78 Å². The van der Waals surface area contributed by atoms with Crippen molar-refractivity contribution >= 4 is 0 Å². The third kappa shape index (κ3) is 1.65. The highest BCUT2D eigenvalue weighted by atomic mass is 19.3. The van der Waals surface area contributed by atoms with E-state index in [4.69, 9.17) is 5.73 Å². The van der Waals surface area contributed by atoms with Crippen LogP contribution in [0.4, 0.5) is 8.78 Å². The van der Waals surface area contributed by atoms with Gasteiger partial charge in [-0.2, -0.15) is 0 Å². The molecule has 3 N–H and O–H groups in total. The van der Waals surface area contributed by atoms with Crippen molar-refractivity contribution in [1.82, 2.24) is 5.32 Å². The highest BCUT2D eigenvalue weighted by molar-refractivity contribution is 5.04. The van der Waals surface area contributed by atoms with Crippen LogP contribution in [-0.2, 0) is 0 Å². The van der Waals surface area contributed by atoms with Gasteiger partial charge in [0, 0.05) is 12.8 Å². The molecule has 1 saturated heterocycles. The number of hydrogen-bond acceptors (Lipinski definition) is 2. The molecule has 14 heavy (non-hydrogen) atoms. The first-order chi connectivity index (χ1) is 6.58. The minimum Gasteiger partial charge on any atom is -0.330 e. The molecule has 0 aromatic rings. The molecule has 4 heteroatoms. The van der Waals surface area contributed by atoms with E-state index in [2.05, 4.69) is 5.32 Å². The fourth-order valence-electron chi connectivity index (χ4n) is 2.95. The minimum absolute atomic E-state index is 0.00282. The van der Waals surface area contributed by atoms with Gasteiger partial charge in [-0.1, -0.05) is 0 Å². The molecule has 0 radical (unpaired) electrons. The van der Waals surface area contributed by atoms with Crippen molar-refractivity contribution in [3.05, 3.63) is 0 Å². The van der Waals surface area contributed by atoms with Gasteiger partial charge < -0.3 is 11.1 Å². The molecule has 1 aliphatic heterocycles. The maximum absolute atomic E-state index is 12.9. The first-order valence-corrected chi connectivity index (χ1v) is 5.37. The predicted octanol–water partition coefficient (Wildman–Crippen LogP) is 1.36. The zero-order chi connectivity index (χ0) is 10.2. The van der Waals surface area contributed by atoms with Gasteiger partial charge in [-0.05, 0) is 43.8 Å². The Morgan fingerprint density at radius 1 is 1.36 bits per heavy atom. The van der Waals surface area contributed by atoms with Gasteiger partial charge in [0.2, 0.25) is 5.92 Å². The second-order valence-electron chi connectivity index (χ2n) is 4.82. The summed E-state index contributed by atoms with van der Waals surface area (Å²) >= 11 is 0. The number of rotatable bonds is 2. The van der Waals surface area contributed by atoms with Gasteiger partial charge in [0.25, 0.3) is 0 Å². The van der Waals surface area contributed by atoms with Crippen molar-refractivity contribution in [2.45, 2.75) is 31.6 Å². The zero-order valence-corrected chi connectivity index (χ0v) is 8.36. The van der Waals surface area contributed by atoms with Crippen LogP contribution in [-0.4, -0.2) is 25.6 Å². The van der Waals surface area contributed by atoms with Gasteiger partial charge in [0.15, 0.2) is 0 Å². The van der Waals surface area contributed by atoms with Gasteiger partial charge in [-0.15, -0.1) is 0 Å². The summed E-state index contributed by atoms with van der Waals surface area (Å²) in [6, 6.07) is 0. The number of halogens is 2. The van der Waals surface area contributed by atoms with E-state index in [1.165, 1.54) is 0 Å². The molecule has 2 nitrogen and oxygen atoms in total. The molecule has 0 aromatic heterocycles. The van der Waals surface area contributed by atoms with E-state index in [-0.39, 0.29) is 18.3 Å². The Morgan fingerprint density at radius 2 is 2.07 bits per heavy atom. The molecule has 1 saturated carbocycles. The summed E-state index contributed by atoms with van der Waals surface area (Å²) < 4.78 is 25.8. The van der Waals surface area contributed by atoms with E-state index in [0.717, 1.165) is 25.9 Å². The SMILES string of the molecule is NCC1(C2CCCNC2)CC(F)(F)C1. The molecule has 0 spiro atoms. The molecule has 0 amide bonds. The van der Waals surface area contributed by atoms with Crippen LogP contribution in [0.3, 0.4) is 0 Å². The molecule has 2 rings (SSSR count). The molecule has 2 aliphatic rings. The summed E-state index contributed by atoms with van der Waals surface area (Å²) in [6.07, 6.45) is 2.16. The molecule has 0 aromatic carbocycles. The molecule has 1 unspecified atom stereocenters. The van der Waals surface area contributed by atoms with Crippen LogP contribution in [0.15, 0.2) is 0 Å². The van der Waals surface area contributed by atoms with Gasteiger partial charge >= 0.3 is 0 Å². The quantitative estimate of drug-likeness (QED) is 0.712. The highest BCUT2D eigenvalue weighted by Gasteiger charge is 2.58. The highest BCUT2D eigenvalue weighted by Crippen LogP contribution is 2.56. The summed E-state index contributed by atoms with van der Waals surface area (Å²) in [5, 5.41) is 3.27. The van der Waals surface area contributed by atoms with E-state index in [1.807, 2.05) is 0 Å². The summed E-state index contributed by atoms with van der Waals surface area (Å²) in [7, 11) is 0. The van der Waals surface area contributed by atoms with Crippen molar-refractivity contribution in [3.63, 3.8) is 0 Å². The molecule has 82 valence electrons. The van der Waals surface area contributed by atoms with Crippen LogP contribution in [0, 0.1) is 11.3 Å². The van der Waals surface area contributed by atoms with Crippen LogP contribution < -0.4 is 11.1 Å². The molecular formula is C10H18F2N2. The summed E-state index contributed by atoms with van der Waals surface area (Å²) in [5.41, 5.74) is 5.39. The summed E-state index contributed by atoms with van der Waals surface area (Å²) in [4.78, 5) is 0. The molecule has 2 fully saturated rings. The number of nitrogens with one attached hydrogen (secondary N) is 1. The second kappa shape index (κ2) is 3.42. The van der Waals surface area contributed by atoms with E-state index in [9.17, 15) is 8.78 Å². The summed E-state index contributed by atoms with van der Waals surface area (Å²) in [6.45, 7) is 2.30. The lowest BCUT2D eigenvalue weighted by Gasteiger charge is -2.52. The van der Waals surface area contributed by atoms with Crippen LogP contribution in [0.25, 0.3) is 0 Å². The number of hydrogen-bond donors (Lipinski definition) is 2. The third-order valence-electron chi connectivity index (χ3n) is 3.79. The first kappa shape index (κ1) is 10.3. The normalized spacial score (nSPS) is 34.9. The fraction of sp³-hybridized carbons (Fsp3) is 1.00. The molecule has 1 atom stereocenters. The molecule has 1 aliphatic carbocycles. The van der Waals surface area contributed by atoms with Crippen LogP contribution in [0.5, 0.6) is 0 Å². The number of alkyl halides is 2. The Labute approximate surface area is 83.2 Å². The number of nitrogens with two attached hydrogens (primary N) is 1. The maximum atomic E-state index is 12.9. The predicted molar refractivity (Wildman–Crippen MR) is 51.3 cm³/mol. The Hall–Kier alpha value is -0.220. The van der Waals surface area contributed by atoms with E-state index in [1.54, 1.807) is 0 Å². The molecule has 0 bridgehead atoms. The van der Waals surface area contributed by atoms with Crippen molar-refractivity contribution in [2.24, 2.45) is 17.1 Å². The average Bonchev–Trinajstić information content (AvgIpc) is 2.15. The standard InChI is InChI=1S/C10H18F2N2/c11-10(12)5-9(6-10,7-13)8-2-1-3-14-4-8/h8,14H,1-7,13H2. The second-order valence-corrected chi connectivity index (χ2v) is 4.82. The van der Waals surface area contributed by atoms with Crippen molar-refractivity contribution in [3.8, 4) is 0 Å². The van der Waals surface area contributed by atoms with Crippen molar-refractivity contribution < 1.29 is 8.78 Å². The lowest BCUT2D eigenvalue weighted by Crippen LogP contribution is -2.57. The van der Waals surface area contributed by atoms with Crippen LogP contribution in [0.1, 0.15) is 25.7 Å². The van der Waals surface area contributed by atoms with E-state index in [0.29, 0.717) is 12.5 Å². The maximum Gasteiger partial charge on any atom is 0.249 e. The van der Waals surface area contributed by atoms with E-state index >= 15 is 0 Å². The molecule has 1 heterocycles. The lowest BCUT2D eigenvalue weighted by molar-refractivity contribution is -0.180. The monoisotopic (exact) mass is 204 g/mol. The molecular weight excluding hydrogens is 186 g/mol. The zero-order valence-electron chi connectivity index (χ0n) is 8.36. The Kier molecular flexibility index (Phi) is 2.52. The van der Waals surface area contributed by atoms with Crippen LogP contribution >= 0.6 is 0 Å². The lowest BCUT2D eigenvalue weighted by atomic mass is 9.57. The Morgan fingerprint density at radius 3 is 2.50 bits per heavy atom. The number of piperidine rings is 1. The third-order valence-corrected chi connectivity index (χ3v) is 3.79. The fourth-order valence-corrected chi connectivity index (χ4v) is 2.95. The summed E-state index contributed by atoms with van der Waals surface area (Å²) in [5.74, 6) is -2.09. The van der Waals surface area contributed by atoms with Crippen LogP contribution in [0.2, 0.25) is 0 Å². The van der Waals surface area contributed by atoms with Gasteiger partial charge in [-0.3, -0.25) is 0 Å². The largest absolute Gasteiger partial charge is 0.330 e. The van der Waals surface area contributed by atoms with Gasteiger partial charge in [0.05, 0.1) is 0 Å². The Bertz CT molecular complexity index is 204. The average molecular weight is 204 g/mol.